The largest absolute Gasteiger partial charge is 0.496 e. The number of rotatable bonds is 6. The lowest BCUT2D eigenvalue weighted by molar-refractivity contribution is -0.119. The molecule has 1 heterocycles. The van der Waals surface area contributed by atoms with Gasteiger partial charge >= 0.3 is 0 Å². The van der Waals surface area contributed by atoms with E-state index in [-0.39, 0.29) is 17.3 Å². The Kier molecular flexibility index (Phi) is 5.69. The van der Waals surface area contributed by atoms with Crippen LogP contribution in [0.1, 0.15) is 22.8 Å². The summed E-state index contributed by atoms with van der Waals surface area (Å²) in [6.07, 6.45) is 0.589. The number of para-hydroxylation sites is 1. The molecule has 7 nitrogen and oxygen atoms in total. The Balaban J connectivity index is 1.70. The van der Waals surface area contributed by atoms with Crippen LogP contribution in [0, 0.1) is 5.92 Å². The van der Waals surface area contributed by atoms with Gasteiger partial charge in [-0.2, -0.15) is 0 Å². The van der Waals surface area contributed by atoms with Crippen LogP contribution in [-0.2, 0) is 21.2 Å². The molecule has 1 atom stereocenters. The second-order valence-corrected chi connectivity index (χ2v) is 8.51. The minimum atomic E-state index is -3.70. The lowest BCUT2D eigenvalue weighted by Gasteiger charge is -2.16. The molecule has 0 radical (unpaired) electrons. The molecule has 8 heteroatoms. The number of hydrogen-bond donors (Lipinski definition) is 1. The summed E-state index contributed by atoms with van der Waals surface area (Å²) in [6, 6.07) is 13.6. The maximum atomic E-state index is 12.5. The highest BCUT2D eigenvalue weighted by molar-refractivity contribution is 7.94. The smallest absolute Gasteiger partial charge is 0.251 e. The van der Waals surface area contributed by atoms with Crippen LogP contribution in [0.3, 0.4) is 0 Å². The third-order valence-corrected chi connectivity index (χ3v) is 6.44. The molecule has 1 aliphatic heterocycles. The molecular formula is C20H22N2O5S. The van der Waals surface area contributed by atoms with Gasteiger partial charge in [0.1, 0.15) is 5.75 Å². The number of carbonyl (C=O) groups excluding carboxylic acids is 2. The normalized spacial score (nSPS) is 18.1. The number of benzene rings is 2. The van der Waals surface area contributed by atoms with Gasteiger partial charge in [0.15, 0.2) is 0 Å². The van der Waals surface area contributed by atoms with Crippen molar-refractivity contribution in [2.45, 2.75) is 13.3 Å². The molecule has 1 fully saturated rings. The Morgan fingerprint density at radius 3 is 2.64 bits per heavy atom. The molecular weight excluding hydrogens is 380 g/mol. The monoisotopic (exact) mass is 402 g/mol. The van der Waals surface area contributed by atoms with Crippen LogP contribution in [0.5, 0.6) is 5.75 Å². The third kappa shape index (κ3) is 4.01. The first-order valence-electron chi connectivity index (χ1n) is 8.90. The van der Waals surface area contributed by atoms with E-state index in [9.17, 15) is 18.0 Å². The number of methoxy groups -OCH3 is 1. The van der Waals surface area contributed by atoms with E-state index in [2.05, 4.69) is 5.32 Å². The number of anilines is 1. The predicted molar refractivity (Wildman–Crippen MR) is 106 cm³/mol. The summed E-state index contributed by atoms with van der Waals surface area (Å²) in [5, 5.41) is 2.81. The van der Waals surface area contributed by atoms with Gasteiger partial charge in [-0.1, -0.05) is 31.2 Å². The molecule has 0 saturated carbocycles. The lowest BCUT2D eigenvalue weighted by Crippen LogP contribution is -2.31. The Morgan fingerprint density at radius 1 is 1.21 bits per heavy atom. The second-order valence-electron chi connectivity index (χ2n) is 6.65. The zero-order chi connectivity index (χ0) is 20.3. The standard InChI is InChI=1S/C20H22N2O5S/c1-14-13-28(25,26)22(20(14)24)17-8-5-7-16(12-17)19(23)21-11-10-15-6-3-4-9-18(15)27-2/h3-9,12,14H,10-11,13H2,1-2H3,(H,21,23)/t14-/m0/s1. The van der Waals surface area contributed by atoms with Crippen molar-refractivity contribution in [3.8, 4) is 5.75 Å². The zero-order valence-corrected chi connectivity index (χ0v) is 16.5. The van der Waals surface area contributed by atoms with Crippen LogP contribution in [-0.4, -0.2) is 39.6 Å². The van der Waals surface area contributed by atoms with Crippen molar-refractivity contribution in [2.75, 3.05) is 23.7 Å². The highest BCUT2D eigenvalue weighted by Crippen LogP contribution is 2.28. The SMILES string of the molecule is COc1ccccc1CCNC(=O)c1cccc(N2C(=O)[C@@H](C)CS2(=O)=O)c1. The number of nitrogens with one attached hydrogen (secondary N) is 1. The molecule has 2 aromatic carbocycles. The topological polar surface area (TPSA) is 92.8 Å². The molecule has 0 bridgehead atoms. The van der Waals surface area contributed by atoms with E-state index in [1.807, 2.05) is 24.3 Å². The van der Waals surface area contributed by atoms with Gasteiger partial charge in [0.05, 0.1) is 24.5 Å². The van der Waals surface area contributed by atoms with Crippen molar-refractivity contribution in [2.24, 2.45) is 5.92 Å². The van der Waals surface area contributed by atoms with Gasteiger partial charge in [-0.3, -0.25) is 9.59 Å². The Hall–Kier alpha value is -2.87. The summed E-state index contributed by atoms with van der Waals surface area (Å²) in [4.78, 5) is 24.7. The number of ether oxygens (including phenoxy) is 1. The van der Waals surface area contributed by atoms with Crippen molar-refractivity contribution >= 4 is 27.5 Å². The number of sulfonamides is 1. The number of amides is 2. The molecule has 0 aliphatic carbocycles. The minimum absolute atomic E-state index is 0.187. The Bertz CT molecular complexity index is 1000. The van der Waals surface area contributed by atoms with Crippen molar-refractivity contribution in [1.29, 1.82) is 0 Å². The first-order valence-corrected chi connectivity index (χ1v) is 10.5. The van der Waals surface area contributed by atoms with Gasteiger partial charge in [-0.25, -0.2) is 12.7 Å². The van der Waals surface area contributed by atoms with Gasteiger partial charge in [0.2, 0.25) is 15.9 Å². The fourth-order valence-corrected chi connectivity index (χ4v) is 4.99. The molecule has 2 aromatic rings. The number of hydrogen-bond acceptors (Lipinski definition) is 5. The summed E-state index contributed by atoms with van der Waals surface area (Å²) in [5.74, 6) is -0.877. The first kappa shape index (κ1) is 19.9. The van der Waals surface area contributed by atoms with E-state index >= 15 is 0 Å². The molecule has 28 heavy (non-hydrogen) atoms. The molecule has 0 unspecified atom stereocenters. The number of carbonyl (C=O) groups is 2. The van der Waals surface area contributed by atoms with Crippen LogP contribution < -0.4 is 14.4 Å². The van der Waals surface area contributed by atoms with E-state index in [0.29, 0.717) is 18.5 Å². The average molecular weight is 402 g/mol. The van der Waals surface area contributed by atoms with E-state index in [0.717, 1.165) is 15.6 Å². The minimum Gasteiger partial charge on any atom is -0.496 e. The van der Waals surface area contributed by atoms with Gasteiger partial charge < -0.3 is 10.1 Å². The summed E-state index contributed by atoms with van der Waals surface area (Å²) in [7, 11) is -2.11. The van der Waals surface area contributed by atoms with E-state index in [1.165, 1.54) is 12.1 Å². The van der Waals surface area contributed by atoms with Crippen molar-refractivity contribution in [3.05, 3.63) is 59.7 Å². The molecule has 1 saturated heterocycles. The van der Waals surface area contributed by atoms with E-state index in [4.69, 9.17) is 4.74 Å². The van der Waals surface area contributed by atoms with Crippen LogP contribution in [0.25, 0.3) is 0 Å². The van der Waals surface area contributed by atoms with E-state index < -0.39 is 21.8 Å². The average Bonchev–Trinajstić information content (AvgIpc) is 2.88. The van der Waals surface area contributed by atoms with Gasteiger partial charge in [-0.05, 0) is 36.2 Å². The summed E-state index contributed by atoms with van der Waals surface area (Å²) >= 11 is 0. The van der Waals surface area contributed by atoms with E-state index in [1.54, 1.807) is 26.2 Å². The summed E-state index contributed by atoms with van der Waals surface area (Å²) in [5.41, 5.74) is 1.45. The highest BCUT2D eigenvalue weighted by Gasteiger charge is 2.42. The van der Waals surface area contributed by atoms with Crippen molar-refractivity contribution in [3.63, 3.8) is 0 Å². The maximum Gasteiger partial charge on any atom is 0.251 e. The van der Waals surface area contributed by atoms with Crippen LogP contribution in [0.15, 0.2) is 48.5 Å². The zero-order valence-electron chi connectivity index (χ0n) is 15.7. The van der Waals surface area contributed by atoms with Gasteiger partial charge in [0, 0.05) is 12.1 Å². The quantitative estimate of drug-likeness (QED) is 0.798. The number of nitrogens with zero attached hydrogens (tertiary/aromatic N) is 1. The molecule has 2 amide bonds. The molecule has 3 rings (SSSR count). The van der Waals surface area contributed by atoms with Crippen LogP contribution in [0.2, 0.25) is 0 Å². The molecule has 1 N–H and O–H groups in total. The lowest BCUT2D eigenvalue weighted by atomic mass is 10.1. The Labute approximate surface area is 164 Å². The fourth-order valence-electron chi connectivity index (χ4n) is 3.18. The third-order valence-electron chi connectivity index (χ3n) is 4.58. The van der Waals surface area contributed by atoms with Gasteiger partial charge in [-0.15, -0.1) is 0 Å². The van der Waals surface area contributed by atoms with Crippen LogP contribution >= 0.6 is 0 Å². The molecule has 1 aliphatic rings. The maximum absolute atomic E-state index is 12.5. The van der Waals surface area contributed by atoms with Crippen LogP contribution in [0.4, 0.5) is 5.69 Å². The molecule has 0 spiro atoms. The summed E-state index contributed by atoms with van der Waals surface area (Å²) < 4.78 is 30.6. The fraction of sp³-hybridized carbons (Fsp3) is 0.300. The summed E-state index contributed by atoms with van der Waals surface area (Å²) in [6.45, 7) is 1.97. The first-order chi connectivity index (χ1) is 13.3. The molecule has 0 aromatic heterocycles. The van der Waals surface area contributed by atoms with Gasteiger partial charge in [0.25, 0.3) is 5.91 Å². The van der Waals surface area contributed by atoms with Crippen molar-refractivity contribution in [1.82, 2.24) is 5.32 Å². The highest BCUT2D eigenvalue weighted by atomic mass is 32.2. The second kappa shape index (κ2) is 8.02. The Morgan fingerprint density at radius 2 is 1.96 bits per heavy atom. The van der Waals surface area contributed by atoms with Crippen molar-refractivity contribution < 1.29 is 22.7 Å². The predicted octanol–water partition coefficient (Wildman–Crippen LogP) is 1.98. The molecule has 148 valence electrons.